The number of ether oxygens (including phenoxy) is 1. The van der Waals surface area contributed by atoms with Gasteiger partial charge in [-0.25, -0.2) is 9.18 Å². The number of urea groups is 1. The number of rotatable bonds is 6. The first-order valence-electron chi connectivity index (χ1n) is 9.38. The average Bonchev–Trinajstić information content (AvgIpc) is 2.97. The molecule has 1 aromatic rings. The van der Waals surface area contributed by atoms with Crippen molar-refractivity contribution >= 4 is 35.4 Å². The number of hydrogen-bond donors (Lipinski definition) is 2. The summed E-state index contributed by atoms with van der Waals surface area (Å²) in [5.41, 5.74) is -0.115. The number of imide groups is 2. The molecule has 0 aromatic heterocycles. The Bertz CT molecular complexity index is 890. The summed E-state index contributed by atoms with van der Waals surface area (Å²) in [6.45, 7) is -0.862. The lowest BCUT2D eigenvalue weighted by Crippen LogP contribution is -2.38. The fourth-order valence-electron chi connectivity index (χ4n) is 3.39. The van der Waals surface area contributed by atoms with Crippen LogP contribution in [0.1, 0.15) is 19.3 Å². The number of allylic oxidation sites excluding steroid dienone is 2. The predicted octanol–water partition coefficient (Wildman–Crippen LogP) is 1.36. The Morgan fingerprint density at radius 2 is 1.70 bits per heavy atom. The number of likely N-dealkylation sites (tertiary alicyclic amines) is 1. The van der Waals surface area contributed by atoms with Gasteiger partial charge >= 0.3 is 12.0 Å². The molecule has 5 amide bonds. The van der Waals surface area contributed by atoms with Gasteiger partial charge in [-0.15, -0.1) is 0 Å². The van der Waals surface area contributed by atoms with Crippen molar-refractivity contribution in [3.8, 4) is 0 Å². The Balaban J connectivity index is 1.39. The normalized spacial score (nSPS) is 20.0. The monoisotopic (exact) mass is 417 g/mol. The van der Waals surface area contributed by atoms with Crippen LogP contribution in [0.4, 0.5) is 14.9 Å². The fraction of sp³-hybridized carbons (Fsp3) is 0.350. The molecule has 0 spiro atoms. The lowest BCUT2D eigenvalue weighted by atomic mass is 9.85. The number of anilines is 1. The number of nitrogens with one attached hydrogen (secondary N) is 2. The van der Waals surface area contributed by atoms with E-state index >= 15 is 0 Å². The molecule has 10 heteroatoms. The van der Waals surface area contributed by atoms with Crippen LogP contribution in [0.2, 0.25) is 0 Å². The minimum Gasteiger partial charge on any atom is -0.456 e. The van der Waals surface area contributed by atoms with Crippen LogP contribution < -0.4 is 10.6 Å². The fourth-order valence-corrected chi connectivity index (χ4v) is 3.39. The van der Waals surface area contributed by atoms with E-state index in [2.05, 4.69) is 5.32 Å². The molecule has 2 atom stereocenters. The predicted molar refractivity (Wildman–Crippen MR) is 101 cm³/mol. The Morgan fingerprint density at radius 1 is 1.07 bits per heavy atom. The molecular formula is C20H20FN3O6. The van der Waals surface area contributed by atoms with Gasteiger partial charge in [-0.2, -0.15) is 0 Å². The molecular weight excluding hydrogens is 397 g/mol. The van der Waals surface area contributed by atoms with Gasteiger partial charge in [0.25, 0.3) is 5.91 Å². The molecule has 0 saturated carbocycles. The Hall–Kier alpha value is -3.56. The Morgan fingerprint density at radius 3 is 2.33 bits per heavy atom. The maximum absolute atomic E-state index is 13.5. The molecule has 1 aliphatic carbocycles. The number of amides is 5. The second-order valence-corrected chi connectivity index (χ2v) is 6.88. The first-order chi connectivity index (χ1) is 14.4. The highest BCUT2D eigenvalue weighted by Gasteiger charge is 2.46. The van der Waals surface area contributed by atoms with Gasteiger partial charge in [-0.05, 0) is 25.0 Å². The second-order valence-electron chi connectivity index (χ2n) is 6.88. The number of fused-ring (bicyclic) bond motifs is 1. The van der Waals surface area contributed by atoms with Gasteiger partial charge in [0, 0.05) is 6.54 Å². The van der Waals surface area contributed by atoms with Crippen LogP contribution >= 0.6 is 0 Å². The van der Waals surface area contributed by atoms with Gasteiger partial charge in [0.05, 0.1) is 23.9 Å². The molecule has 1 fully saturated rings. The van der Waals surface area contributed by atoms with Gasteiger partial charge < -0.3 is 10.1 Å². The third kappa shape index (κ3) is 4.88. The van der Waals surface area contributed by atoms with Crippen molar-refractivity contribution in [2.75, 3.05) is 18.5 Å². The Kier molecular flexibility index (Phi) is 6.55. The van der Waals surface area contributed by atoms with Crippen LogP contribution in [-0.2, 0) is 23.9 Å². The zero-order chi connectivity index (χ0) is 21.7. The molecule has 1 saturated heterocycles. The number of carbonyl (C=O) groups is 5. The highest BCUT2D eigenvalue weighted by Crippen LogP contribution is 2.34. The van der Waals surface area contributed by atoms with E-state index in [1.807, 2.05) is 17.5 Å². The maximum atomic E-state index is 13.5. The summed E-state index contributed by atoms with van der Waals surface area (Å²) in [5.74, 6) is -3.74. The molecule has 158 valence electrons. The third-order valence-electron chi connectivity index (χ3n) is 4.88. The van der Waals surface area contributed by atoms with E-state index in [9.17, 15) is 28.4 Å². The summed E-state index contributed by atoms with van der Waals surface area (Å²) in [6.07, 6.45) is 4.48. The van der Waals surface area contributed by atoms with Gasteiger partial charge in [-0.1, -0.05) is 24.3 Å². The average molecular weight is 417 g/mol. The molecule has 2 N–H and O–H groups in total. The van der Waals surface area contributed by atoms with Gasteiger partial charge in [0.1, 0.15) is 5.82 Å². The van der Waals surface area contributed by atoms with Gasteiger partial charge in [0.15, 0.2) is 6.61 Å². The van der Waals surface area contributed by atoms with Crippen molar-refractivity contribution in [1.82, 2.24) is 10.2 Å². The molecule has 1 aliphatic heterocycles. The van der Waals surface area contributed by atoms with E-state index in [0.717, 1.165) is 11.0 Å². The van der Waals surface area contributed by atoms with Gasteiger partial charge in [0.2, 0.25) is 11.8 Å². The largest absolute Gasteiger partial charge is 0.456 e. The van der Waals surface area contributed by atoms with Crippen molar-refractivity contribution < 1.29 is 33.1 Å². The number of esters is 1. The number of halogens is 1. The molecule has 0 bridgehead atoms. The highest BCUT2D eigenvalue weighted by atomic mass is 19.1. The number of para-hydroxylation sites is 1. The first-order valence-corrected chi connectivity index (χ1v) is 9.38. The number of carbonyl (C=O) groups excluding carboxylic acids is 5. The van der Waals surface area contributed by atoms with Crippen molar-refractivity contribution in [3.63, 3.8) is 0 Å². The maximum Gasteiger partial charge on any atom is 0.326 e. The molecule has 30 heavy (non-hydrogen) atoms. The highest BCUT2D eigenvalue weighted by molar-refractivity contribution is 6.05. The summed E-state index contributed by atoms with van der Waals surface area (Å²) in [5, 5.41) is 4.05. The van der Waals surface area contributed by atoms with Crippen LogP contribution in [0.3, 0.4) is 0 Å². The van der Waals surface area contributed by atoms with E-state index in [-0.39, 0.29) is 42.3 Å². The van der Waals surface area contributed by atoms with E-state index in [1.54, 1.807) is 0 Å². The molecule has 1 aromatic carbocycles. The second kappa shape index (κ2) is 9.29. The minimum absolute atomic E-state index is 0.115. The van der Waals surface area contributed by atoms with E-state index in [1.165, 1.54) is 18.2 Å². The number of hydrogen-bond acceptors (Lipinski definition) is 6. The zero-order valence-corrected chi connectivity index (χ0v) is 15.9. The molecule has 9 nitrogen and oxygen atoms in total. The quantitative estimate of drug-likeness (QED) is 0.409. The van der Waals surface area contributed by atoms with E-state index in [4.69, 9.17) is 4.74 Å². The summed E-state index contributed by atoms with van der Waals surface area (Å²) in [6, 6.07) is 4.42. The molecule has 1 heterocycles. The first kappa shape index (κ1) is 21.2. The SMILES string of the molecule is O=C(COC(=O)CCN1C(=O)[C@@H]2CC=CC[C@H]2C1=O)NC(=O)Nc1ccccc1F. The third-order valence-corrected chi connectivity index (χ3v) is 4.88. The summed E-state index contributed by atoms with van der Waals surface area (Å²) >= 11 is 0. The summed E-state index contributed by atoms with van der Waals surface area (Å²) < 4.78 is 18.2. The minimum atomic E-state index is -0.981. The van der Waals surface area contributed by atoms with Crippen LogP contribution in [0.25, 0.3) is 0 Å². The van der Waals surface area contributed by atoms with E-state index < -0.39 is 30.3 Å². The van der Waals surface area contributed by atoms with Crippen molar-refractivity contribution in [2.45, 2.75) is 19.3 Å². The molecule has 2 aliphatic rings. The zero-order valence-electron chi connectivity index (χ0n) is 15.9. The van der Waals surface area contributed by atoms with Crippen molar-refractivity contribution in [1.29, 1.82) is 0 Å². The molecule has 0 radical (unpaired) electrons. The summed E-state index contributed by atoms with van der Waals surface area (Å²) in [7, 11) is 0. The molecule has 0 unspecified atom stereocenters. The van der Waals surface area contributed by atoms with Gasteiger partial charge in [-0.3, -0.25) is 29.4 Å². The van der Waals surface area contributed by atoms with Crippen LogP contribution in [0.15, 0.2) is 36.4 Å². The topological polar surface area (TPSA) is 122 Å². The van der Waals surface area contributed by atoms with E-state index in [0.29, 0.717) is 12.8 Å². The number of benzene rings is 1. The lowest BCUT2D eigenvalue weighted by molar-refractivity contribution is -0.149. The molecule has 3 rings (SSSR count). The van der Waals surface area contributed by atoms with Crippen molar-refractivity contribution in [2.24, 2.45) is 11.8 Å². The van der Waals surface area contributed by atoms with Crippen LogP contribution in [0.5, 0.6) is 0 Å². The Labute approximate surface area is 171 Å². The van der Waals surface area contributed by atoms with Crippen LogP contribution in [-0.4, -0.2) is 47.8 Å². The van der Waals surface area contributed by atoms with Crippen LogP contribution in [0, 0.1) is 17.7 Å². The standard InChI is InChI=1S/C20H20FN3O6/c21-14-7-3-4-8-15(14)22-20(29)23-16(25)11-30-17(26)9-10-24-18(27)12-5-1-2-6-13(12)19(24)28/h1-4,7-8,12-13H,5-6,9-11H2,(H2,22,23,25,29)/t12-,13-/m1/s1. The smallest absolute Gasteiger partial charge is 0.326 e. The van der Waals surface area contributed by atoms with Crippen molar-refractivity contribution in [3.05, 3.63) is 42.2 Å². The lowest BCUT2D eigenvalue weighted by Gasteiger charge is -2.14. The summed E-state index contributed by atoms with van der Waals surface area (Å²) in [4.78, 5) is 60.9. The number of nitrogens with zero attached hydrogens (tertiary/aromatic N) is 1.